The molecule has 5 nitrogen and oxygen atoms in total. The Labute approximate surface area is 76.5 Å². The zero-order valence-corrected chi connectivity index (χ0v) is 7.76. The molecule has 0 fully saturated rings. The second-order valence-corrected chi connectivity index (χ2v) is 2.41. The maximum Gasteiger partial charge on any atom is 0.343 e. The number of hydrogen-bond donors (Lipinski definition) is 2. The number of H-pyrrole nitrogens is 1. The van der Waals surface area contributed by atoms with Gasteiger partial charge >= 0.3 is 5.97 Å². The maximum absolute atomic E-state index is 11.3. The minimum absolute atomic E-state index is 0.354. The summed E-state index contributed by atoms with van der Waals surface area (Å²) in [5, 5.41) is 9.42. The van der Waals surface area contributed by atoms with Crippen LogP contribution in [-0.2, 0) is 4.74 Å². The zero-order chi connectivity index (χ0) is 9.68. The fraction of sp³-hybridized carbons (Fsp3) is 0.500. The van der Waals surface area contributed by atoms with Gasteiger partial charge in [-0.05, 0) is 13.8 Å². The highest BCUT2D eigenvalue weighted by Gasteiger charge is 2.13. The lowest BCUT2D eigenvalue weighted by Crippen LogP contribution is -2.08. The van der Waals surface area contributed by atoms with Crippen molar-refractivity contribution in [3.05, 3.63) is 11.8 Å². The Morgan fingerprint density at radius 3 is 3.08 bits per heavy atom. The molecule has 0 aliphatic heterocycles. The molecule has 2 N–H and O–H groups in total. The van der Waals surface area contributed by atoms with Crippen molar-refractivity contribution < 1.29 is 9.53 Å². The van der Waals surface area contributed by atoms with Crippen LogP contribution in [0, 0.1) is 0 Å². The molecule has 0 aliphatic rings. The van der Waals surface area contributed by atoms with Gasteiger partial charge in [-0.3, -0.25) is 5.10 Å². The van der Waals surface area contributed by atoms with Gasteiger partial charge in [-0.15, -0.1) is 0 Å². The zero-order valence-electron chi connectivity index (χ0n) is 7.76. The van der Waals surface area contributed by atoms with E-state index in [1.807, 2.05) is 6.92 Å². The molecular weight excluding hydrogens is 170 g/mol. The van der Waals surface area contributed by atoms with Gasteiger partial charge in [-0.25, -0.2) is 4.79 Å². The monoisotopic (exact) mass is 183 g/mol. The number of rotatable bonds is 4. The van der Waals surface area contributed by atoms with Gasteiger partial charge in [0.25, 0.3) is 0 Å². The number of nitrogens with one attached hydrogen (secondary N) is 2. The van der Waals surface area contributed by atoms with E-state index in [0.29, 0.717) is 18.0 Å². The van der Waals surface area contributed by atoms with Gasteiger partial charge in [0, 0.05) is 6.54 Å². The molecule has 1 aromatic rings. The first kappa shape index (κ1) is 9.57. The Balaban J connectivity index is 2.74. The molecule has 0 atom stereocenters. The van der Waals surface area contributed by atoms with E-state index in [2.05, 4.69) is 15.5 Å². The molecule has 72 valence electrons. The third kappa shape index (κ3) is 2.21. The van der Waals surface area contributed by atoms with Gasteiger partial charge in [0.1, 0.15) is 11.4 Å². The molecule has 0 amide bonds. The van der Waals surface area contributed by atoms with Crippen molar-refractivity contribution in [2.75, 3.05) is 18.5 Å². The van der Waals surface area contributed by atoms with Crippen molar-refractivity contribution in [3.63, 3.8) is 0 Å². The van der Waals surface area contributed by atoms with Crippen LogP contribution < -0.4 is 5.32 Å². The van der Waals surface area contributed by atoms with E-state index in [1.165, 1.54) is 6.20 Å². The topological polar surface area (TPSA) is 67.0 Å². The molecular formula is C8H13N3O2. The fourth-order valence-electron chi connectivity index (χ4n) is 0.961. The first-order valence-corrected chi connectivity index (χ1v) is 4.24. The van der Waals surface area contributed by atoms with E-state index in [9.17, 15) is 4.79 Å². The van der Waals surface area contributed by atoms with Crippen molar-refractivity contribution >= 4 is 11.8 Å². The Kier molecular flexibility index (Phi) is 3.31. The second-order valence-electron chi connectivity index (χ2n) is 2.41. The van der Waals surface area contributed by atoms with Crippen molar-refractivity contribution in [1.29, 1.82) is 0 Å². The molecule has 1 heterocycles. The normalized spacial score (nSPS) is 9.69. The largest absolute Gasteiger partial charge is 0.462 e. The Morgan fingerprint density at radius 2 is 2.46 bits per heavy atom. The van der Waals surface area contributed by atoms with Crippen LogP contribution in [0.1, 0.15) is 24.2 Å². The lowest BCUT2D eigenvalue weighted by atomic mass is 10.3. The molecule has 1 rings (SSSR count). The molecule has 0 bridgehead atoms. The average Bonchev–Trinajstić information content (AvgIpc) is 2.54. The van der Waals surface area contributed by atoms with Gasteiger partial charge in [-0.2, -0.15) is 5.10 Å². The molecule has 13 heavy (non-hydrogen) atoms. The van der Waals surface area contributed by atoms with Crippen molar-refractivity contribution in [3.8, 4) is 0 Å². The van der Waals surface area contributed by atoms with Crippen LogP contribution in [0.3, 0.4) is 0 Å². The number of carbonyl (C=O) groups excluding carboxylic acids is 1. The first-order chi connectivity index (χ1) is 6.29. The van der Waals surface area contributed by atoms with Crippen LogP contribution in [-0.4, -0.2) is 29.3 Å². The molecule has 0 saturated heterocycles. The molecule has 0 aliphatic carbocycles. The lowest BCUT2D eigenvalue weighted by Gasteiger charge is -2.02. The number of esters is 1. The van der Waals surface area contributed by atoms with Gasteiger partial charge < -0.3 is 10.1 Å². The molecule has 0 aromatic carbocycles. The number of anilines is 1. The molecule has 0 spiro atoms. The summed E-state index contributed by atoms with van der Waals surface area (Å²) in [5.41, 5.74) is 0.448. The Hall–Kier alpha value is -1.52. The third-order valence-corrected chi connectivity index (χ3v) is 1.49. The van der Waals surface area contributed by atoms with Gasteiger partial charge in [0.15, 0.2) is 0 Å². The lowest BCUT2D eigenvalue weighted by molar-refractivity contribution is 0.0527. The van der Waals surface area contributed by atoms with Gasteiger partial charge in [0.05, 0.1) is 12.8 Å². The number of carbonyl (C=O) groups is 1. The van der Waals surface area contributed by atoms with Crippen molar-refractivity contribution in [2.24, 2.45) is 0 Å². The molecule has 0 unspecified atom stereocenters. The highest BCUT2D eigenvalue weighted by Crippen LogP contribution is 2.11. The summed E-state index contributed by atoms with van der Waals surface area (Å²) in [5.74, 6) is 0.258. The Bertz CT molecular complexity index is 283. The quantitative estimate of drug-likeness (QED) is 0.684. The van der Waals surface area contributed by atoms with E-state index in [4.69, 9.17) is 4.74 Å². The fourth-order valence-corrected chi connectivity index (χ4v) is 0.961. The average molecular weight is 183 g/mol. The SMILES string of the molecule is CCNc1[nH]ncc1C(=O)OCC. The highest BCUT2D eigenvalue weighted by molar-refractivity contribution is 5.94. The first-order valence-electron chi connectivity index (χ1n) is 4.24. The maximum atomic E-state index is 11.3. The van der Waals surface area contributed by atoms with E-state index >= 15 is 0 Å². The van der Waals surface area contributed by atoms with Crippen LogP contribution in [0.15, 0.2) is 6.20 Å². The summed E-state index contributed by atoms with van der Waals surface area (Å²) in [6.45, 7) is 4.81. The summed E-state index contributed by atoms with van der Waals surface area (Å²) in [6, 6.07) is 0. The van der Waals surface area contributed by atoms with E-state index < -0.39 is 0 Å². The Morgan fingerprint density at radius 1 is 1.69 bits per heavy atom. The summed E-state index contributed by atoms with van der Waals surface area (Å²) in [4.78, 5) is 11.3. The van der Waals surface area contributed by atoms with Crippen LogP contribution >= 0.6 is 0 Å². The standard InChI is InChI=1S/C8H13N3O2/c1-3-9-7-6(5-10-11-7)8(12)13-4-2/h5H,3-4H2,1-2H3,(H2,9,10,11). The third-order valence-electron chi connectivity index (χ3n) is 1.49. The van der Waals surface area contributed by atoms with Crippen LogP contribution in [0.2, 0.25) is 0 Å². The van der Waals surface area contributed by atoms with E-state index in [1.54, 1.807) is 6.92 Å². The number of ether oxygens (including phenoxy) is 1. The highest BCUT2D eigenvalue weighted by atomic mass is 16.5. The minimum atomic E-state index is -0.354. The summed E-state index contributed by atoms with van der Waals surface area (Å²) in [7, 11) is 0. The van der Waals surface area contributed by atoms with Crippen molar-refractivity contribution in [1.82, 2.24) is 10.2 Å². The molecule has 0 radical (unpaired) electrons. The number of nitrogens with zero attached hydrogens (tertiary/aromatic N) is 1. The van der Waals surface area contributed by atoms with E-state index in [0.717, 1.165) is 6.54 Å². The number of aromatic nitrogens is 2. The number of hydrogen-bond acceptors (Lipinski definition) is 4. The van der Waals surface area contributed by atoms with E-state index in [-0.39, 0.29) is 5.97 Å². The van der Waals surface area contributed by atoms with Gasteiger partial charge in [-0.1, -0.05) is 0 Å². The predicted molar refractivity (Wildman–Crippen MR) is 48.7 cm³/mol. The van der Waals surface area contributed by atoms with Crippen molar-refractivity contribution in [2.45, 2.75) is 13.8 Å². The molecule has 5 heteroatoms. The second kappa shape index (κ2) is 4.49. The molecule has 1 aromatic heterocycles. The predicted octanol–water partition coefficient (Wildman–Crippen LogP) is 1.02. The van der Waals surface area contributed by atoms with Crippen LogP contribution in [0.4, 0.5) is 5.82 Å². The summed E-state index contributed by atoms with van der Waals surface area (Å²) < 4.78 is 4.83. The van der Waals surface area contributed by atoms with Crippen LogP contribution in [0.5, 0.6) is 0 Å². The summed E-state index contributed by atoms with van der Waals surface area (Å²) >= 11 is 0. The minimum Gasteiger partial charge on any atom is -0.462 e. The molecule has 0 saturated carbocycles. The number of aromatic amines is 1. The summed E-state index contributed by atoms with van der Waals surface area (Å²) in [6.07, 6.45) is 1.45. The van der Waals surface area contributed by atoms with Gasteiger partial charge in [0.2, 0.25) is 0 Å². The smallest absolute Gasteiger partial charge is 0.343 e. The van der Waals surface area contributed by atoms with Crippen LogP contribution in [0.25, 0.3) is 0 Å².